The maximum atomic E-state index is 5.54. The Labute approximate surface area is 180 Å². The van der Waals surface area contributed by atoms with Crippen molar-refractivity contribution < 1.29 is 4.74 Å². The summed E-state index contributed by atoms with van der Waals surface area (Å²) in [6.45, 7) is 9.57. The summed E-state index contributed by atoms with van der Waals surface area (Å²) in [5.41, 5.74) is 1.14. The van der Waals surface area contributed by atoms with Crippen LogP contribution in [0.3, 0.4) is 0 Å². The zero-order chi connectivity index (χ0) is 18.2. The molecule has 1 unspecified atom stereocenters. The Morgan fingerprint density at radius 2 is 2.11 bits per heavy atom. The summed E-state index contributed by atoms with van der Waals surface area (Å²) in [6.07, 6.45) is 6.88. The molecule has 0 amide bonds. The summed E-state index contributed by atoms with van der Waals surface area (Å²) in [5, 5.41) is 3.49. The van der Waals surface area contributed by atoms with Gasteiger partial charge in [0.25, 0.3) is 0 Å². The average molecular weight is 487 g/mol. The lowest BCUT2D eigenvalue weighted by atomic mass is 10.1. The van der Waals surface area contributed by atoms with Crippen molar-refractivity contribution in [2.45, 2.75) is 39.2 Å². The fraction of sp³-hybridized carbons (Fsp3) is 0.700. The number of pyridine rings is 1. The number of halogens is 1. The molecule has 2 aliphatic heterocycles. The minimum absolute atomic E-state index is 0. The first-order valence-corrected chi connectivity index (χ1v) is 10.0. The van der Waals surface area contributed by atoms with Gasteiger partial charge in [-0.2, -0.15) is 0 Å². The predicted molar refractivity (Wildman–Crippen MR) is 121 cm³/mol. The molecule has 2 saturated heterocycles. The molecule has 0 bridgehead atoms. The number of aliphatic imine (C=N–C) groups is 1. The van der Waals surface area contributed by atoms with Crippen LogP contribution >= 0.6 is 24.0 Å². The van der Waals surface area contributed by atoms with Crippen LogP contribution in [0.2, 0.25) is 0 Å². The predicted octanol–water partition coefficient (Wildman–Crippen LogP) is 2.98. The molecule has 6 nitrogen and oxygen atoms in total. The van der Waals surface area contributed by atoms with Crippen LogP contribution in [0.4, 0.5) is 0 Å². The summed E-state index contributed by atoms with van der Waals surface area (Å²) < 4.78 is 5.54. The van der Waals surface area contributed by atoms with Crippen molar-refractivity contribution in [3.8, 4) is 5.88 Å². The van der Waals surface area contributed by atoms with Crippen LogP contribution in [0.15, 0.2) is 23.3 Å². The molecule has 0 radical (unpaired) electrons. The van der Waals surface area contributed by atoms with E-state index < -0.39 is 0 Å². The second-order valence-electron chi connectivity index (χ2n) is 7.36. The number of hydrogen-bond acceptors (Lipinski definition) is 4. The van der Waals surface area contributed by atoms with Crippen LogP contribution in [-0.4, -0.2) is 67.1 Å². The monoisotopic (exact) mass is 487 g/mol. The van der Waals surface area contributed by atoms with Crippen LogP contribution in [0.25, 0.3) is 0 Å². The fourth-order valence-corrected chi connectivity index (χ4v) is 3.83. The highest BCUT2D eigenvalue weighted by Crippen LogP contribution is 2.20. The Morgan fingerprint density at radius 3 is 2.78 bits per heavy atom. The van der Waals surface area contributed by atoms with Gasteiger partial charge in [0, 0.05) is 45.5 Å². The topological polar surface area (TPSA) is 53.0 Å². The molecule has 2 fully saturated rings. The zero-order valence-electron chi connectivity index (χ0n) is 16.7. The molecule has 1 atom stereocenters. The van der Waals surface area contributed by atoms with E-state index in [1.54, 1.807) is 0 Å². The van der Waals surface area contributed by atoms with Gasteiger partial charge < -0.3 is 19.9 Å². The Morgan fingerprint density at radius 1 is 1.30 bits per heavy atom. The van der Waals surface area contributed by atoms with Gasteiger partial charge in [-0.25, -0.2) is 4.98 Å². The highest BCUT2D eigenvalue weighted by atomic mass is 127. The Kier molecular flexibility index (Phi) is 9.61. The van der Waals surface area contributed by atoms with E-state index >= 15 is 0 Å². The number of rotatable bonds is 7. The number of guanidine groups is 1. The first kappa shape index (κ1) is 22.2. The van der Waals surface area contributed by atoms with Crippen molar-refractivity contribution in [2.24, 2.45) is 10.9 Å². The van der Waals surface area contributed by atoms with E-state index in [1.165, 1.54) is 38.9 Å². The molecule has 1 aromatic heterocycles. The van der Waals surface area contributed by atoms with E-state index in [0.29, 0.717) is 12.5 Å². The summed E-state index contributed by atoms with van der Waals surface area (Å²) in [7, 11) is 1.87. The van der Waals surface area contributed by atoms with Crippen molar-refractivity contribution in [1.82, 2.24) is 20.1 Å². The van der Waals surface area contributed by atoms with Gasteiger partial charge in [-0.15, -0.1) is 24.0 Å². The van der Waals surface area contributed by atoms with E-state index in [1.807, 2.05) is 19.3 Å². The molecule has 152 valence electrons. The van der Waals surface area contributed by atoms with E-state index in [2.05, 4.69) is 38.1 Å². The summed E-state index contributed by atoms with van der Waals surface area (Å²) in [6, 6.07) is 4.01. The summed E-state index contributed by atoms with van der Waals surface area (Å²) >= 11 is 0. The fourth-order valence-electron chi connectivity index (χ4n) is 3.83. The van der Waals surface area contributed by atoms with Crippen molar-refractivity contribution in [3.63, 3.8) is 0 Å². The molecule has 2 aliphatic rings. The zero-order valence-corrected chi connectivity index (χ0v) is 19.0. The number of likely N-dealkylation sites (tertiary alicyclic amines) is 2. The van der Waals surface area contributed by atoms with Gasteiger partial charge in [-0.1, -0.05) is 13.0 Å². The first-order valence-electron chi connectivity index (χ1n) is 10.0. The maximum Gasteiger partial charge on any atom is 0.213 e. The quantitative estimate of drug-likeness (QED) is 0.364. The molecule has 3 rings (SSSR count). The maximum absolute atomic E-state index is 5.54. The molecule has 27 heavy (non-hydrogen) atoms. The van der Waals surface area contributed by atoms with Gasteiger partial charge >= 0.3 is 0 Å². The number of aromatic nitrogens is 1. The molecular formula is C20H34IN5O. The van der Waals surface area contributed by atoms with E-state index in [0.717, 1.165) is 43.5 Å². The normalized spacial score (nSPS) is 20.6. The van der Waals surface area contributed by atoms with Crippen LogP contribution in [0.1, 0.15) is 38.2 Å². The van der Waals surface area contributed by atoms with Crippen LogP contribution in [-0.2, 0) is 6.54 Å². The Bertz CT molecular complexity index is 574. The average Bonchev–Trinajstić information content (AvgIpc) is 3.34. The first-order chi connectivity index (χ1) is 12.8. The molecule has 0 spiro atoms. The molecule has 3 heterocycles. The molecule has 0 saturated carbocycles. The number of ether oxygens (including phenoxy) is 1. The summed E-state index contributed by atoms with van der Waals surface area (Å²) in [4.78, 5) is 13.9. The lowest BCUT2D eigenvalue weighted by Crippen LogP contribution is -2.40. The number of hydrogen-bond donors (Lipinski definition) is 1. The molecular weight excluding hydrogens is 453 g/mol. The van der Waals surface area contributed by atoms with Crippen LogP contribution < -0.4 is 10.1 Å². The minimum atomic E-state index is 0. The summed E-state index contributed by atoms with van der Waals surface area (Å²) in [5.74, 6) is 2.47. The standard InChI is InChI=1S/C20H33N5O.HI/c1-3-12-26-19-7-6-17(13-22-19)14-23-20(21-2)25-11-8-18(16-25)15-24-9-4-5-10-24;/h6-7,13,18H,3-5,8-12,14-16H2,1-2H3,(H,21,23);1H. The lowest BCUT2D eigenvalue weighted by molar-refractivity contribution is 0.281. The number of nitrogens with one attached hydrogen (secondary N) is 1. The smallest absolute Gasteiger partial charge is 0.213 e. The van der Waals surface area contributed by atoms with Crippen LogP contribution in [0.5, 0.6) is 5.88 Å². The number of nitrogens with zero attached hydrogens (tertiary/aromatic N) is 4. The third-order valence-corrected chi connectivity index (χ3v) is 5.21. The highest BCUT2D eigenvalue weighted by molar-refractivity contribution is 14.0. The van der Waals surface area contributed by atoms with Gasteiger partial charge in [-0.05, 0) is 50.3 Å². The van der Waals surface area contributed by atoms with Gasteiger partial charge in [0.15, 0.2) is 5.96 Å². The van der Waals surface area contributed by atoms with E-state index in [-0.39, 0.29) is 24.0 Å². The van der Waals surface area contributed by atoms with Gasteiger partial charge in [0.05, 0.1) is 6.61 Å². The molecule has 0 aliphatic carbocycles. The van der Waals surface area contributed by atoms with Gasteiger partial charge in [-0.3, -0.25) is 4.99 Å². The van der Waals surface area contributed by atoms with Crippen molar-refractivity contribution in [3.05, 3.63) is 23.9 Å². The van der Waals surface area contributed by atoms with Gasteiger partial charge in [0.2, 0.25) is 5.88 Å². The Balaban J connectivity index is 0.00000261. The molecule has 1 aromatic rings. The van der Waals surface area contributed by atoms with Crippen molar-refractivity contribution >= 4 is 29.9 Å². The molecule has 0 aromatic carbocycles. The SMILES string of the molecule is CCCOc1ccc(CNC(=NC)N2CCC(CN3CCCC3)C2)cn1.I. The molecule has 7 heteroatoms. The second kappa shape index (κ2) is 11.7. The van der Waals surface area contributed by atoms with Crippen molar-refractivity contribution in [1.29, 1.82) is 0 Å². The third kappa shape index (κ3) is 6.78. The third-order valence-electron chi connectivity index (χ3n) is 5.21. The highest BCUT2D eigenvalue weighted by Gasteiger charge is 2.27. The molecule has 1 N–H and O–H groups in total. The second-order valence-corrected chi connectivity index (χ2v) is 7.36. The lowest BCUT2D eigenvalue weighted by Gasteiger charge is -2.23. The van der Waals surface area contributed by atoms with E-state index in [4.69, 9.17) is 4.74 Å². The van der Waals surface area contributed by atoms with Gasteiger partial charge in [0.1, 0.15) is 0 Å². The van der Waals surface area contributed by atoms with Crippen LogP contribution in [0, 0.1) is 5.92 Å². The minimum Gasteiger partial charge on any atom is -0.478 e. The largest absolute Gasteiger partial charge is 0.478 e. The van der Waals surface area contributed by atoms with E-state index in [9.17, 15) is 0 Å². The van der Waals surface area contributed by atoms with Crippen molar-refractivity contribution in [2.75, 3.05) is 46.4 Å². The Hall–Kier alpha value is -1.09.